The highest BCUT2D eigenvalue weighted by Gasteiger charge is 2.20. The van der Waals surface area contributed by atoms with Crippen LogP contribution in [-0.2, 0) is 0 Å². The molecule has 0 radical (unpaired) electrons. The van der Waals surface area contributed by atoms with Crippen molar-refractivity contribution in [3.63, 3.8) is 0 Å². The number of hydrogen-bond acceptors (Lipinski definition) is 2. The normalized spacial score (nSPS) is 17.4. The second kappa shape index (κ2) is 5.19. The van der Waals surface area contributed by atoms with Crippen LogP contribution in [0.5, 0.6) is 5.75 Å². The molecule has 1 aromatic rings. The van der Waals surface area contributed by atoms with E-state index in [1.165, 1.54) is 19.3 Å². The van der Waals surface area contributed by atoms with Gasteiger partial charge in [-0.1, -0.05) is 28.8 Å². The quantitative estimate of drug-likeness (QED) is 0.865. The van der Waals surface area contributed by atoms with Crippen molar-refractivity contribution in [2.24, 2.45) is 5.92 Å². The average molecular weight is 284 g/mol. The first-order chi connectivity index (χ1) is 7.66. The van der Waals surface area contributed by atoms with E-state index in [9.17, 15) is 5.11 Å². The molecule has 0 amide bonds. The number of nitrogens with one attached hydrogen (secondary N) is 1. The molecule has 1 aliphatic carbocycles. The van der Waals surface area contributed by atoms with Crippen LogP contribution < -0.4 is 5.32 Å². The monoisotopic (exact) mass is 283 g/mol. The molecule has 2 N–H and O–H groups in total. The van der Waals surface area contributed by atoms with Crippen LogP contribution in [-0.4, -0.2) is 11.7 Å². The molecule has 1 fully saturated rings. The second-order valence-electron chi connectivity index (χ2n) is 4.61. The third-order valence-corrected chi connectivity index (χ3v) is 3.65. The van der Waals surface area contributed by atoms with Gasteiger partial charge in [-0.3, -0.25) is 0 Å². The molecule has 0 spiro atoms. The first kappa shape index (κ1) is 11.9. The van der Waals surface area contributed by atoms with Gasteiger partial charge in [0.15, 0.2) is 0 Å². The summed E-state index contributed by atoms with van der Waals surface area (Å²) < 4.78 is 1.01. The molecule has 0 bridgehead atoms. The van der Waals surface area contributed by atoms with Crippen LogP contribution in [0.4, 0.5) is 0 Å². The van der Waals surface area contributed by atoms with Crippen molar-refractivity contribution in [3.8, 4) is 5.75 Å². The molecule has 0 aliphatic heterocycles. The van der Waals surface area contributed by atoms with Gasteiger partial charge < -0.3 is 10.4 Å². The number of halogens is 1. The molecule has 1 saturated carbocycles. The Balaban J connectivity index is 1.90. The molecule has 2 rings (SSSR count). The Morgan fingerprint density at radius 1 is 1.50 bits per heavy atom. The Morgan fingerprint density at radius 3 is 2.94 bits per heavy atom. The number of aromatic hydroxyl groups is 1. The van der Waals surface area contributed by atoms with Crippen molar-refractivity contribution in [2.75, 3.05) is 6.54 Å². The minimum atomic E-state index is 0.205. The maximum atomic E-state index is 9.77. The highest BCUT2D eigenvalue weighted by molar-refractivity contribution is 9.10. The van der Waals surface area contributed by atoms with Gasteiger partial charge in [-0.15, -0.1) is 0 Å². The molecule has 3 heteroatoms. The van der Waals surface area contributed by atoms with E-state index in [1.54, 1.807) is 6.07 Å². The molecular weight excluding hydrogens is 266 g/mol. The molecule has 1 aliphatic rings. The molecule has 16 heavy (non-hydrogen) atoms. The fourth-order valence-electron chi connectivity index (χ4n) is 1.89. The lowest BCUT2D eigenvalue weighted by atomic mass is 10.1. The van der Waals surface area contributed by atoms with Gasteiger partial charge in [0.1, 0.15) is 5.75 Å². The van der Waals surface area contributed by atoms with Crippen LogP contribution in [0.2, 0.25) is 0 Å². The summed E-state index contributed by atoms with van der Waals surface area (Å²) in [4.78, 5) is 0. The van der Waals surface area contributed by atoms with Crippen molar-refractivity contribution in [1.29, 1.82) is 0 Å². The Bertz CT molecular complexity index is 363. The fourth-order valence-corrected chi connectivity index (χ4v) is 2.27. The highest BCUT2D eigenvalue weighted by Crippen LogP contribution is 2.32. The van der Waals surface area contributed by atoms with Gasteiger partial charge in [0.2, 0.25) is 0 Å². The molecule has 0 heterocycles. The number of hydrogen-bond donors (Lipinski definition) is 2. The van der Waals surface area contributed by atoms with Crippen LogP contribution in [0.3, 0.4) is 0 Å². The zero-order chi connectivity index (χ0) is 11.5. The number of phenols is 1. The predicted molar refractivity (Wildman–Crippen MR) is 69.6 cm³/mol. The van der Waals surface area contributed by atoms with E-state index in [1.807, 2.05) is 12.1 Å². The summed E-state index contributed by atoms with van der Waals surface area (Å²) in [5, 5.41) is 13.2. The van der Waals surface area contributed by atoms with E-state index in [4.69, 9.17) is 0 Å². The van der Waals surface area contributed by atoms with Crippen molar-refractivity contribution >= 4 is 15.9 Å². The molecule has 1 aromatic carbocycles. The van der Waals surface area contributed by atoms with Crippen molar-refractivity contribution in [1.82, 2.24) is 5.32 Å². The van der Waals surface area contributed by atoms with E-state index in [-0.39, 0.29) is 6.04 Å². The molecule has 0 saturated heterocycles. The second-order valence-corrected chi connectivity index (χ2v) is 5.53. The Labute approximate surface area is 105 Å². The summed E-state index contributed by atoms with van der Waals surface area (Å²) in [5.41, 5.74) is 0.963. The molecule has 2 nitrogen and oxygen atoms in total. The predicted octanol–water partition coefficient (Wildman–Crippen LogP) is 3.61. The first-order valence-corrected chi connectivity index (χ1v) is 6.68. The van der Waals surface area contributed by atoms with Crippen LogP contribution >= 0.6 is 15.9 Å². The van der Waals surface area contributed by atoms with E-state index < -0.39 is 0 Å². The minimum Gasteiger partial charge on any atom is -0.508 e. The van der Waals surface area contributed by atoms with Gasteiger partial charge in [-0.2, -0.15) is 0 Å². The summed E-state index contributed by atoms with van der Waals surface area (Å²) in [6.07, 6.45) is 4.06. The summed E-state index contributed by atoms with van der Waals surface area (Å²) in [6.45, 7) is 3.13. The van der Waals surface area contributed by atoms with E-state index >= 15 is 0 Å². The summed E-state index contributed by atoms with van der Waals surface area (Å²) in [7, 11) is 0. The number of rotatable bonds is 5. The summed E-state index contributed by atoms with van der Waals surface area (Å²) >= 11 is 3.43. The Hall–Kier alpha value is -0.540. The summed E-state index contributed by atoms with van der Waals surface area (Å²) in [5.74, 6) is 1.32. The molecule has 0 aromatic heterocycles. The lowest BCUT2D eigenvalue weighted by molar-refractivity contribution is 0.450. The first-order valence-electron chi connectivity index (χ1n) is 5.88. The standard InChI is InChI=1S/C13H18BrNO/c1-9(15-7-6-10-2-3-10)12-8-11(14)4-5-13(12)16/h4-5,8-10,15-16H,2-3,6-7H2,1H3. The third kappa shape index (κ3) is 3.22. The Kier molecular flexibility index (Phi) is 3.87. The zero-order valence-corrected chi connectivity index (χ0v) is 11.1. The van der Waals surface area contributed by atoms with Gasteiger partial charge in [0, 0.05) is 16.1 Å². The molecule has 1 atom stereocenters. The largest absolute Gasteiger partial charge is 0.508 e. The van der Waals surface area contributed by atoms with Crippen LogP contribution in [0.1, 0.15) is 37.8 Å². The van der Waals surface area contributed by atoms with Gasteiger partial charge in [0.05, 0.1) is 0 Å². The van der Waals surface area contributed by atoms with Gasteiger partial charge in [0.25, 0.3) is 0 Å². The van der Waals surface area contributed by atoms with Crippen LogP contribution in [0.25, 0.3) is 0 Å². The number of benzene rings is 1. The smallest absolute Gasteiger partial charge is 0.120 e. The minimum absolute atomic E-state index is 0.205. The highest BCUT2D eigenvalue weighted by atomic mass is 79.9. The molecule has 88 valence electrons. The zero-order valence-electron chi connectivity index (χ0n) is 9.54. The topological polar surface area (TPSA) is 32.3 Å². The maximum absolute atomic E-state index is 9.77. The van der Waals surface area contributed by atoms with Crippen molar-refractivity contribution in [3.05, 3.63) is 28.2 Å². The SMILES string of the molecule is CC(NCCC1CC1)c1cc(Br)ccc1O. The molecular formula is C13H18BrNO. The van der Waals surface area contributed by atoms with E-state index in [2.05, 4.69) is 28.2 Å². The van der Waals surface area contributed by atoms with Gasteiger partial charge in [-0.05, 0) is 44.0 Å². The lowest BCUT2D eigenvalue weighted by Crippen LogP contribution is -2.20. The van der Waals surface area contributed by atoms with E-state index in [0.717, 1.165) is 22.5 Å². The third-order valence-electron chi connectivity index (χ3n) is 3.16. The van der Waals surface area contributed by atoms with E-state index in [0.29, 0.717) is 5.75 Å². The average Bonchev–Trinajstić information content (AvgIpc) is 3.05. The maximum Gasteiger partial charge on any atom is 0.120 e. The van der Waals surface area contributed by atoms with Crippen LogP contribution in [0, 0.1) is 5.92 Å². The molecule has 1 unspecified atom stereocenters. The Morgan fingerprint density at radius 2 is 2.25 bits per heavy atom. The summed E-state index contributed by atoms with van der Waals surface area (Å²) in [6, 6.07) is 5.77. The fraction of sp³-hybridized carbons (Fsp3) is 0.538. The lowest BCUT2D eigenvalue weighted by Gasteiger charge is -2.15. The van der Waals surface area contributed by atoms with Gasteiger partial charge >= 0.3 is 0 Å². The van der Waals surface area contributed by atoms with Crippen LogP contribution in [0.15, 0.2) is 22.7 Å². The number of phenolic OH excluding ortho intramolecular Hbond substituents is 1. The van der Waals surface area contributed by atoms with Gasteiger partial charge in [-0.25, -0.2) is 0 Å². The van der Waals surface area contributed by atoms with Crippen molar-refractivity contribution in [2.45, 2.75) is 32.2 Å². The van der Waals surface area contributed by atoms with Crippen molar-refractivity contribution < 1.29 is 5.11 Å².